The van der Waals surface area contributed by atoms with Gasteiger partial charge in [-0.2, -0.15) is 0 Å². The molecule has 1 amide bonds. The third-order valence-corrected chi connectivity index (χ3v) is 1.63. The topological polar surface area (TPSA) is 46.3 Å². The molecule has 1 heterocycles. The summed E-state index contributed by atoms with van der Waals surface area (Å²) in [6, 6.07) is 0. The smallest absolute Gasteiger partial charge is 0.223 e. The van der Waals surface area contributed by atoms with E-state index in [1.165, 1.54) is 0 Å². The predicted octanol–water partition coefficient (Wildman–Crippen LogP) is -0.229. The lowest BCUT2D eigenvalue weighted by atomic mass is 10.2. The Morgan fingerprint density at radius 1 is 1.89 bits per heavy atom. The molecule has 9 heavy (non-hydrogen) atoms. The third kappa shape index (κ3) is 1.21. The van der Waals surface area contributed by atoms with Crippen molar-refractivity contribution in [1.82, 2.24) is 4.90 Å². The average molecular weight is 128 g/mol. The van der Waals surface area contributed by atoms with Gasteiger partial charge in [-0.1, -0.05) is 6.92 Å². The van der Waals surface area contributed by atoms with Crippen molar-refractivity contribution in [1.29, 1.82) is 0 Å². The van der Waals surface area contributed by atoms with Gasteiger partial charge in [-0.3, -0.25) is 4.79 Å². The van der Waals surface area contributed by atoms with Crippen LogP contribution in [0.15, 0.2) is 0 Å². The molecule has 0 saturated carbocycles. The maximum absolute atomic E-state index is 10.9. The Morgan fingerprint density at radius 2 is 2.56 bits per heavy atom. The van der Waals surface area contributed by atoms with Crippen molar-refractivity contribution in [3.05, 3.63) is 0 Å². The van der Waals surface area contributed by atoms with Gasteiger partial charge in [0.15, 0.2) is 0 Å². The van der Waals surface area contributed by atoms with E-state index in [1.54, 1.807) is 4.90 Å². The van der Waals surface area contributed by atoms with Crippen LogP contribution in [0.2, 0.25) is 0 Å². The molecule has 1 rings (SSSR count). The zero-order chi connectivity index (χ0) is 6.85. The van der Waals surface area contributed by atoms with Gasteiger partial charge in [0.2, 0.25) is 5.91 Å². The van der Waals surface area contributed by atoms with E-state index in [1.807, 2.05) is 0 Å². The predicted molar refractivity (Wildman–Crippen MR) is 34.5 cm³/mol. The Balaban J connectivity index is 2.48. The molecule has 1 aliphatic rings. The normalized spacial score (nSPS) is 27.6. The van der Waals surface area contributed by atoms with Crippen LogP contribution in [0.4, 0.5) is 0 Å². The first kappa shape index (κ1) is 6.55. The Labute approximate surface area is 54.8 Å². The summed E-state index contributed by atoms with van der Waals surface area (Å²) >= 11 is 0. The van der Waals surface area contributed by atoms with Crippen LogP contribution in [0, 0.1) is 5.92 Å². The van der Waals surface area contributed by atoms with Crippen molar-refractivity contribution >= 4 is 5.91 Å². The molecule has 0 spiro atoms. The van der Waals surface area contributed by atoms with E-state index in [2.05, 4.69) is 6.92 Å². The van der Waals surface area contributed by atoms with Gasteiger partial charge in [0.05, 0.1) is 6.67 Å². The summed E-state index contributed by atoms with van der Waals surface area (Å²) in [5.41, 5.74) is 5.29. The molecular formula is C6H12N2O. The number of hydrogen-bond donors (Lipinski definition) is 1. The summed E-state index contributed by atoms with van der Waals surface area (Å²) in [5.74, 6) is 0.700. The first-order chi connectivity index (χ1) is 4.24. The number of rotatable bonds is 1. The molecule has 2 N–H and O–H groups in total. The highest BCUT2D eigenvalue weighted by atomic mass is 16.2. The standard InChI is InChI=1S/C6H12N2O/c1-5-2-6(9)8(3-5)4-7/h5H,2-4,7H2,1H3. The summed E-state index contributed by atoms with van der Waals surface area (Å²) in [4.78, 5) is 12.5. The molecule has 0 aliphatic carbocycles. The molecule has 52 valence electrons. The fourth-order valence-corrected chi connectivity index (χ4v) is 1.15. The van der Waals surface area contributed by atoms with E-state index in [-0.39, 0.29) is 5.91 Å². The molecule has 0 aromatic carbocycles. The van der Waals surface area contributed by atoms with Crippen LogP contribution < -0.4 is 5.73 Å². The quantitative estimate of drug-likeness (QED) is 0.530. The Morgan fingerprint density at radius 3 is 2.78 bits per heavy atom. The highest BCUT2D eigenvalue weighted by Gasteiger charge is 2.24. The molecule has 1 fully saturated rings. The van der Waals surface area contributed by atoms with Gasteiger partial charge >= 0.3 is 0 Å². The molecule has 0 radical (unpaired) electrons. The summed E-state index contributed by atoms with van der Waals surface area (Å²) in [6.07, 6.45) is 0.678. The highest BCUT2D eigenvalue weighted by Crippen LogP contribution is 2.14. The number of nitrogens with zero attached hydrogens (tertiary/aromatic N) is 1. The summed E-state index contributed by atoms with van der Waals surface area (Å²) < 4.78 is 0. The Bertz CT molecular complexity index is 124. The third-order valence-electron chi connectivity index (χ3n) is 1.63. The minimum Gasteiger partial charge on any atom is -0.330 e. The SMILES string of the molecule is CC1CC(=O)N(CN)C1. The van der Waals surface area contributed by atoms with Gasteiger partial charge in [-0.05, 0) is 5.92 Å². The molecule has 0 aromatic rings. The van der Waals surface area contributed by atoms with Gasteiger partial charge < -0.3 is 10.6 Å². The zero-order valence-corrected chi connectivity index (χ0v) is 5.63. The zero-order valence-electron chi connectivity index (χ0n) is 5.63. The highest BCUT2D eigenvalue weighted by molar-refractivity contribution is 5.78. The van der Waals surface area contributed by atoms with Crippen LogP contribution >= 0.6 is 0 Å². The minimum absolute atomic E-state index is 0.199. The number of likely N-dealkylation sites (tertiary alicyclic amines) is 1. The first-order valence-electron chi connectivity index (χ1n) is 3.22. The van der Waals surface area contributed by atoms with Crippen LogP contribution in [0.1, 0.15) is 13.3 Å². The van der Waals surface area contributed by atoms with E-state index >= 15 is 0 Å². The molecule has 1 atom stereocenters. The van der Waals surface area contributed by atoms with E-state index < -0.39 is 0 Å². The summed E-state index contributed by atoms with van der Waals surface area (Å²) in [7, 11) is 0. The van der Waals surface area contributed by atoms with Crippen LogP contribution in [0.5, 0.6) is 0 Å². The molecular weight excluding hydrogens is 116 g/mol. The summed E-state index contributed by atoms with van der Waals surface area (Å²) in [6.45, 7) is 3.28. The molecule has 1 aliphatic heterocycles. The molecule has 0 aromatic heterocycles. The number of nitrogens with two attached hydrogens (primary N) is 1. The van der Waals surface area contributed by atoms with Crippen LogP contribution in [-0.4, -0.2) is 24.0 Å². The van der Waals surface area contributed by atoms with E-state index in [4.69, 9.17) is 5.73 Å². The van der Waals surface area contributed by atoms with Crippen molar-refractivity contribution in [2.24, 2.45) is 11.7 Å². The van der Waals surface area contributed by atoms with Gasteiger partial charge in [-0.15, -0.1) is 0 Å². The van der Waals surface area contributed by atoms with Crippen molar-refractivity contribution in [3.63, 3.8) is 0 Å². The van der Waals surface area contributed by atoms with Crippen LogP contribution in [-0.2, 0) is 4.79 Å². The molecule has 0 bridgehead atoms. The molecule has 3 heteroatoms. The number of amides is 1. The minimum atomic E-state index is 0.199. The second kappa shape index (κ2) is 2.35. The first-order valence-corrected chi connectivity index (χ1v) is 3.22. The lowest BCUT2D eigenvalue weighted by Gasteiger charge is -2.10. The Hall–Kier alpha value is -0.570. The van der Waals surface area contributed by atoms with Gasteiger partial charge in [0.25, 0.3) is 0 Å². The average Bonchev–Trinajstić information content (AvgIpc) is 2.10. The van der Waals surface area contributed by atoms with Crippen LogP contribution in [0.25, 0.3) is 0 Å². The van der Waals surface area contributed by atoms with E-state index in [9.17, 15) is 4.79 Å². The second-order valence-electron chi connectivity index (χ2n) is 2.61. The molecule has 1 unspecified atom stereocenters. The van der Waals surface area contributed by atoms with E-state index in [0.717, 1.165) is 6.54 Å². The lowest BCUT2D eigenvalue weighted by Crippen LogP contribution is -2.31. The number of hydrogen-bond acceptors (Lipinski definition) is 2. The fraction of sp³-hybridized carbons (Fsp3) is 0.833. The van der Waals surface area contributed by atoms with E-state index in [0.29, 0.717) is 19.0 Å². The molecule has 3 nitrogen and oxygen atoms in total. The number of carbonyl (C=O) groups excluding carboxylic acids is 1. The van der Waals surface area contributed by atoms with Crippen molar-refractivity contribution in [2.75, 3.05) is 13.2 Å². The van der Waals surface area contributed by atoms with Crippen molar-refractivity contribution in [3.8, 4) is 0 Å². The molecule has 1 saturated heterocycles. The Kier molecular flexibility index (Phi) is 1.71. The largest absolute Gasteiger partial charge is 0.330 e. The fourth-order valence-electron chi connectivity index (χ4n) is 1.15. The van der Waals surface area contributed by atoms with Gasteiger partial charge in [-0.25, -0.2) is 0 Å². The van der Waals surface area contributed by atoms with Gasteiger partial charge in [0.1, 0.15) is 0 Å². The van der Waals surface area contributed by atoms with Crippen molar-refractivity contribution < 1.29 is 4.79 Å². The lowest BCUT2D eigenvalue weighted by molar-refractivity contribution is -0.127. The maximum atomic E-state index is 10.9. The van der Waals surface area contributed by atoms with Crippen molar-refractivity contribution in [2.45, 2.75) is 13.3 Å². The van der Waals surface area contributed by atoms with Gasteiger partial charge in [0, 0.05) is 13.0 Å². The van der Waals surface area contributed by atoms with Crippen LogP contribution in [0.3, 0.4) is 0 Å². The summed E-state index contributed by atoms with van der Waals surface area (Å²) in [5, 5.41) is 0. The maximum Gasteiger partial charge on any atom is 0.223 e. The number of carbonyl (C=O) groups is 1. The monoisotopic (exact) mass is 128 g/mol. The second-order valence-corrected chi connectivity index (χ2v) is 2.61.